The topological polar surface area (TPSA) is 55.4 Å². The van der Waals surface area contributed by atoms with Crippen LogP contribution < -0.4 is 5.32 Å². The molecule has 0 heterocycles. The SMILES string of the molecule is CSc1ccccc1C(=O)O[C@H](C)C(=O)Nc1cc(Cl)ccc1Cl. The Kier molecular flexibility index (Phi) is 6.54. The van der Waals surface area contributed by atoms with Crippen LogP contribution in [0.2, 0.25) is 10.0 Å². The second-order valence-electron chi connectivity index (χ2n) is 4.86. The summed E-state index contributed by atoms with van der Waals surface area (Å²) in [4.78, 5) is 25.2. The average molecular weight is 384 g/mol. The first-order chi connectivity index (χ1) is 11.4. The summed E-state index contributed by atoms with van der Waals surface area (Å²) in [6.07, 6.45) is 0.881. The predicted octanol–water partition coefficient (Wildman–Crippen LogP) is 4.90. The number of ether oxygens (including phenoxy) is 1. The van der Waals surface area contributed by atoms with Crippen LogP contribution in [-0.2, 0) is 9.53 Å². The number of hydrogen-bond acceptors (Lipinski definition) is 4. The van der Waals surface area contributed by atoms with E-state index in [-0.39, 0.29) is 0 Å². The van der Waals surface area contributed by atoms with Gasteiger partial charge in [0.2, 0.25) is 0 Å². The maximum absolute atomic E-state index is 12.3. The fourth-order valence-electron chi connectivity index (χ4n) is 1.92. The number of amides is 1. The summed E-state index contributed by atoms with van der Waals surface area (Å²) < 4.78 is 5.24. The minimum atomic E-state index is -0.984. The highest BCUT2D eigenvalue weighted by Gasteiger charge is 2.21. The maximum Gasteiger partial charge on any atom is 0.340 e. The van der Waals surface area contributed by atoms with Crippen LogP contribution in [0.1, 0.15) is 17.3 Å². The lowest BCUT2D eigenvalue weighted by molar-refractivity contribution is -0.123. The summed E-state index contributed by atoms with van der Waals surface area (Å²) in [5.41, 5.74) is 0.784. The summed E-state index contributed by atoms with van der Waals surface area (Å²) in [6.45, 7) is 1.49. The van der Waals surface area contributed by atoms with Crippen molar-refractivity contribution in [3.8, 4) is 0 Å². The molecule has 0 spiro atoms. The zero-order chi connectivity index (χ0) is 17.7. The molecule has 1 amide bonds. The molecule has 126 valence electrons. The second kappa shape index (κ2) is 8.42. The number of anilines is 1. The van der Waals surface area contributed by atoms with Gasteiger partial charge in [0.15, 0.2) is 6.10 Å². The van der Waals surface area contributed by atoms with Gasteiger partial charge in [-0.2, -0.15) is 0 Å². The van der Waals surface area contributed by atoms with E-state index in [9.17, 15) is 9.59 Å². The molecular weight excluding hydrogens is 369 g/mol. The third kappa shape index (κ3) is 4.66. The van der Waals surface area contributed by atoms with Crippen LogP contribution in [0.15, 0.2) is 47.4 Å². The number of benzene rings is 2. The van der Waals surface area contributed by atoms with Crippen molar-refractivity contribution in [1.29, 1.82) is 0 Å². The summed E-state index contributed by atoms with van der Waals surface area (Å²) in [7, 11) is 0. The molecule has 0 aliphatic heterocycles. The molecule has 7 heteroatoms. The van der Waals surface area contributed by atoms with E-state index in [1.54, 1.807) is 24.3 Å². The number of nitrogens with one attached hydrogen (secondary N) is 1. The first kappa shape index (κ1) is 18.6. The van der Waals surface area contributed by atoms with Crippen molar-refractivity contribution >= 4 is 52.5 Å². The molecule has 0 aliphatic carbocycles. The Morgan fingerprint density at radius 1 is 1.17 bits per heavy atom. The number of thioether (sulfide) groups is 1. The molecule has 0 bridgehead atoms. The van der Waals surface area contributed by atoms with E-state index in [1.165, 1.54) is 24.8 Å². The van der Waals surface area contributed by atoms with Crippen molar-refractivity contribution in [3.05, 3.63) is 58.1 Å². The molecule has 4 nitrogen and oxygen atoms in total. The lowest BCUT2D eigenvalue weighted by Crippen LogP contribution is -2.30. The van der Waals surface area contributed by atoms with Crippen LogP contribution >= 0.6 is 35.0 Å². The van der Waals surface area contributed by atoms with E-state index in [4.69, 9.17) is 27.9 Å². The van der Waals surface area contributed by atoms with Gasteiger partial charge in [-0.15, -0.1) is 11.8 Å². The van der Waals surface area contributed by atoms with Gasteiger partial charge in [-0.05, 0) is 43.5 Å². The van der Waals surface area contributed by atoms with Crippen LogP contribution in [0.3, 0.4) is 0 Å². The lowest BCUT2D eigenvalue weighted by Gasteiger charge is -2.15. The number of rotatable bonds is 5. The van der Waals surface area contributed by atoms with Crippen molar-refractivity contribution in [1.82, 2.24) is 0 Å². The summed E-state index contributed by atoms with van der Waals surface area (Å²) in [5.74, 6) is -1.05. The lowest BCUT2D eigenvalue weighted by atomic mass is 10.2. The first-order valence-electron chi connectivity index (χ1n) is 7.02. The van der Waals surface area contributed by atoms with Crippen LogP contribution in [0.4, 0.5) is 5.69 Å². The third-order valence-corrected chi connectivity index (χ3v) is 4.53. The van der Waals surface area contributed by atoms with E-state index in [1.807, 2.05) is 18.4 Å². The molecule has 0 aromatic heterocycles. The molecule has 0 fully saturated rings. The summed E-state index contributed by atoms with van der Waals surface area (Å²) in [5, 5.41) is 3.38. The Labute approximate surface area is 154 Å². The zero-order valence-corrected chi connectivity index (χ0v) is 15.3. The molecule has 0 aliphatic rings. The molecule has 0 radical (unpaired) electrons. The minimum Gasteiger partial charge on any atom is -0.449 e. The first-order valence-corrected chi connectivity index (χ1v) is 9.00. The van der Waals surface area contributed by atoms with Crippen LogP contribution in [-0.4, -0.2) is 24.2 Å². The highest BCUT2D eigenvalue weighted by atomic mass is 35.5. The molecule has 24 heavy (non-hydrogen) atoms. The van der Waals surface area contributed by atoms with Crippen molar-refractivity contribution < 1.29 is 14.3 Å². The molecule has 2 rings (SSSR count). The zero-order valence-electron chi connectivity index (χ0n) is 13.0. The van der Waals surface area contributed by atoms with Crippen molar-refractivity contribution in [2.24, 2.45) is 0 Å². The molecular formula is C17H15Cl2NO3S. The van der Waals surface area contributed by atoms with E-state index < -0.39 is 18.0 Å². The Balaban J connectivity index is 2.06. The monoisotopic (exact) mass is 383 g/mol. The smallest absolute Gasteiger partial charge is 0.340 e. The van der Waals surface area contributed by atoms with Gasteiger partial charge in [-0.3, -0.25) is 4.79 Å². The quantitative estimate of drug-likeness (QED) is 0.589. The van der Waals surface area contributed by atoms with Gasteiger partial charge in [-0.25, -0.2) is 4.79 Å². The number of halogens is 2. The Hall–Kier alpha value is -1.69. The van der Waals surface area contributed by atoms with Gasteiger partial charge in [0.1, 0.15) is 0 Å². The third-order valence-electron chi connectivity index (χ3n) is 3.17. The molecule has 1 N–H and O–H groups in total. The Morgan fingerprint density at radius 2 is 1.88 bits per heavy atom. The summed E-state index contributed by atoms with van der Waals surface area (Å²) in [6, 6.07) is 11.8. The minimum absolute atomic E-state index is 0.346. The van der Waals surface area contributed by atoms with E-state index in [0.717, 1.165) is 4.90 Å². The fourth-order valence-corrected chi connectivity index (χ4v) is 2.84. The highest BCUT2D eigenvalue weighted by molar-refractivity contribution is 7.98. The Bertz CT molecular complexity index is 767. The van der Waals surface area contributed by atoms with E-state index in [2.05, 4.69) is 5.32 Å². The van der Waals surface area contributed by atoms with Crippen molar-refractivity contribution in [2.45, 2.75) is 17.9 Å². The van der Waals surface area contributed by atoms with Crippen molar-refractivity contribution in [2.75, 3.05) is 11.6 Å². The largest absolute Gasteiger partial charge is 0.449 e. The van der Waals surface area contributed by atoms with E-state index >= 15 is 0 Å². The van der Waals surface area contributed by atoms with Gasteiger partial charge < -0.3 is 10.1 Å². The number of hydrogen-bond donors (Lipinski definition) is 1. The predicted molar refractivity (Wildman–Crippen MR) is 98.2 cm³/mol. The Morgan fingerprint density at radius 3 is 2.58 bits per heavy atom. The van der Waals surface area contributed by atoms with Crippen LogP contribution in [0.5, 0.6) is 0 Å². The van der Waals surface area contributed by atoms with Gasteiger partial charge in [0.25, 0.3) is 5.91 Å². The van der Waals surface area contributed by atoms with Gasteiger partial charge in [-0.1, -0.05) is 35.3 Å². The fraction of sp³-hybridized carbons (Fsp3) is 0.176. The molecule has 2 aromatic rings. The van der Waals surface area contributed by atoms with Gasteiger partial charge in [0.05, 0.1) is 16.3 Å². The molecule has 0 saturated heterocycles. The van der Waals surface area contributed by atoms with E-state index in [0.29, 0.717) is 21.3 Å². The highest BCUT2D eigenvalue weighted by Crippen LogP contribution is 2.26. The van der Waals surface area contributed by atoms with Gasteiger partial charge in [0, 0.05) is 9.92 Å². The molecule has 0 saturated carbocycles. The van der Waals surface area contributed by atoms with Crippen molar-refractivity contribution in [3.63, 3.8) is 0 Å². The molecule has 0 unspecified atom stereocenters. The number of carbonyl (C=O) groups is 2. The maximum atomic E-state index is 12.3. The van der Waals surface area contributed by atoms with Gasteiger partial charge >= 0.3 is 5.97 Å². The van der Waals surface area contributed by atoms with Crippen LogP contribution in [0.25, 0.3) is 0 Å². The molecule has 2 aromatic carbocycles. The van der Waals surface area contributed by atoms with Crippen LogP contribution in [0, 0.1) is 0 Å². The number of carbonyl (C=O) groups excluding carboxylic acids is 2. The normalized spacial score (nSPS) is 11.7. The summed E-state index contributed by atoms with van der Waals surface area (Å²) >= 11 is 13.3. The molecule has 1 atom stereocenters. The number of esters is 1. The average Bonchev–Trinajstić information content (AvgIpc) is 2.57. The second-order valence-corrected chi connectivity index (χ2v) is 6.55. The standard InChI is InChI=1S/C17H15Cl2NO3S/c1-10(16(21)20-14-9-11(18)7-8-13(14)19)23-17(22)12-5-3-4-6-15(12)24-2/h3-10H,1-2H3,(H,20,21)/t10-/m1/s1.